The van der Waals surface area contributed by atoms with Crippen LogP contribution in [-0.2, 0) is 5.41 Å². The standard InChI is InChI=1S/C18H30/c1-5-8-15-18(13-6-2,14-7-3)17-12-10-9-11-16(17)4/h9-12H,5-8,13-15H2,1-4H3. The second-order valence-corrected chi connectivity index (χ2v) is 5.70. The van der Waals surface area contributed by atoms with E-state index < -0.39 is 0 Å². The summed E-state index contributed by atoms with van der Waals surface area (Å²) in [6.45, 7) is 9.24. The average Bonchev–Trinajstić information content (AvgIpc) is 2.37. The third kappa shape index (κ3) is 3.60. The molecule has 0 aromatic heterocycles. The lowest BCUT2D eigenvalue weighted by molar-refractivity contribution is 0.319. The summed E-state index contributed by atoms with van der Waals surface area (Å²) in [5, 5.41) is 0. The minimum absolute atomic E-state index is 0.435. The van der Waals surface area contributed by atoms with Crippen LogP contribution in [0.25, 0.3) is 0 Å². The molecule has 0 aliphatic heterocycles. The molecule has 0 aliphatic rings. The Morgan fingerprint density at radius 1 is 0.833 bits per heavy atom. The normalized spacial score (nSPS) is 11.8. The Balaban J connectivity index is 3.10. The van der Waals surface area contributed by atoms with Crippen molar-refractivity contribution < 1.29 is 0 Å². The first-order valence-electron chi connectivity index (χ1n) is 7.76. The fourth-order valence-electron chi connectivity index (χ4n) is 3.42. The molecular weight excluding hydrogens is 216 g/mol. The predicted octanol–water partition coefficient (Wildman–Crippen LogP) is 6.02. The number of benzene rings is 1. The van der Waals surface area contributed by atoms with Crippen LogP contribution >= 0.6 is 0 Å². The number of hydrogen-bond acceptors (Lipinski definition) is 0. The number of hydrogen-bond donors (Lipinski definition) is 0. The zero-order valence-corrected chi connectivity index (χ0v) is 12.8. The van der Waals surface area contributed by atoms with E-state index in [0.29, 0.717) is 5.41 Å². The Morgan fingerprint density at radius 3 is 1.94 bits per heavy atom. The lowest BCUT2D eigenvalue weighted by Gasteiger charge is -2.36. The molecule has 0 nitrogen and oxygen atoms in total. The van der Waals surface area contributed by atoms with Gasteiger partial charge in [0.1, 0.15) is 0 Å². The third-order valence-corrected chi connectivity index (χ3v) is 4.18. The highest BCUT2D eigenvalue weighted by molar-refractivity contribution is 5.33. The van der Waals surface area contributed by atoms with Gasteiger partial charge in [0.25, 0.3) is 0 Å². The smallest absolute Gasteiger partial charge is 0.00445 e. The second-order valence-electron chi connectivity index (χ2n) is 5.70. The summed E-state index contributed by atoms with van der Waals surface area (Å²) in [6, 6.07) is 9.04. The molecule has 0 unspecified atom stereocenters. The van der Waals surface area contributed by atoms with Gasteiger partial charge in [-0.15, -0.1) is 0 Å². The zero-order chi connectivity index (χ0) is 13.4. The van der Waals surface area contributed by atoms with Gasteiger partial charge >= 0.3 is 0 Å². The average molecular weight is 246 g/mol. The monoisotopic (exact) mass is 246 g/mol. The summed E-state index contributed by atoms with van der Waals surface area (Å²) < 4.78 is 0. The topological polar surface area (TPSA) is 0 Å². The van der Waals surface area contributed by atoms with E-state index in [4.69, 9.17) is 0 Å². The van der Waals surface area contributed by atoms with Crippen LogP contribution < -0.4 is 0 Å². The van der Waals surface area contributed by atoms with Gasteiger partial charge in [0, 0.05) is 0 Å². The first-order chi connectivity index (χ1) is 8.70. The molecule has 1 aromatic rings. The van der Waals surface area contributed by atoms with Crippen LogP contribution in [0.3, 0.4) is 0 Å². The quantitative estimate of drug-likeness (QED) is 0.526. The lowest BCUT2D eigenvalue weighted by Crippen LogP contribution is -2.27. The second kappa shape index (κ2) is 7.61. The highest BCUT2D eigenvalue weighted by Crippen LogP contribution is 2.40. The summed E-state index contributed by atoms with van der Waals surface area (Å²) in [7, 11) is 0. The Kier molecular flexibility index (Phi) is 6.46. The van der Waals surface area contributed by atoms with Gasteiger partial charge in [-0.3, -0.25) is 0 Å². The van der Waals surface area contributed by atoms with Gasteiger partial charge in [0.15, 0.2) is 0 Å². The molecule has 0 amide bonds. The molecule has 18 heavy (non-hydrogen) atoms. The third-order valence-electron chi connectivity index (χ3n) is 4.18. The molecule has 0 saturated heterocycles. The van der Waals surface area contributed by atoms with Crippen LogP contribution in [0.15, 0.2) is 24.3 Å². The highest BCUT2D eigenvalue weighted by atomic mass is 14.3. The Bertz CT molecular complexity index is 332. The Hall–Kier alpha value is -0.780. The fourth-order valence-corrected chi connectivity index (χ4v) is 3.42. The van der Waals surface area contributed by atoms with Crippen molar-refractivity contribution >= 4 is 0 Å². The van der Waals surface area contributed by atoms with Crippen LogP contribution in [0, 0.1) is 6.92 Å². The maximum atomic E-state index is 2.37. The van der Waals surface area contributed by atoms with Crippen LogP contribution in [0.5, 0.6) is 0 Å². The Labute approximate surface area is 114 Å². The van der Waals surface area contributed by atoms with Crippen molar-refractivity contribution in [3.63, 3.8) is 0 Å². The van der Waals surface area contributed by atoms with Crippen molar-refractivity contribution in [1.82, 2.24) is 0 Å². The summed E-state index contributed by atoms with van der Waals surface area (Å²) in [5.41, 5.74) is 3.53. The molecule has 0 heteroatoms. The van der Waals surface area contributed by atoms with Crippen molar-refractivity contribution in [1.29, 1.82) is 0 Å². The molecule has 0 bridgehead atoms. The van der Waals surface area contributed by atoms with E-state index in [-0.39, 0.29) is 0 Å². The van der Waals surface area contributed by atoms with Crippen LogP contribution in [0.1, 0.15) is 76.8 Å². The molecule has 1 rings (SSSR count). The SMILES string of the molecule is CCCCC(CCC)(CCC)c1ccccc1C. The van der Waals surface area contributed by atoms with E-state index in [2.05, 4.69) is 52.0 Å². The summed E-state index contributed by atoms with van der Waals surface area (Å²) >= 11 is 0. The van der Waals surface area contributed by atoms with E-state index in [1.54, 1.807) is 5.56 Å². The van der Waals surface area contributed by atoms with Crippen molar-refractivity contribution in [2.24, 2.45) is 0 Å². The fraction of sp³-hybridized carbons (Fsp3) is 0.667. The molecule has 0 N–H and O–H groups in total. The van der Waals surface area contributed by atoms with Crippen molar-refractivity contribution in [3.05, 3.63) is 35.4 Å². The van der Waals surface area contributed by atoms with E-state index in [9.17, 15) is 0 Å². The number of rotatable bonds is 8. The molecule has 0 heterocycles. The van der Waals surface area contributed by atoms with Crippen molar-refractivity contribution in [2.45, 2.75) is 78.1 Å². The van der Waals surface area contributed by atoms with E-state index in [0.717, 1.165) is 0 Å². The van der Waals surface area contributed by atoms with Crippen LogP contribution in [0.2, 0.25) is 0 Å². The van der Waals surface area contributed by atoms with Gasteiger partial charge < -0.3 is 0 Å². The van der Waals surface area contributed by atoms with Gasteiger partial charge in [-0.05, 0) is 42.7 Å². The van der Waals surface area contributed by atoms with Crippen molar-refractivity contribution in [3.8, 4) is 0 Å². The number of unbranched alkanes of at least 4 members (excludes halogenated alkanes) is 1. The lowest BCUT2D eigenvalue weighted by atomic mass is 9.69. The molecular formula is C18H30. The zero-order valence-electron chi connectivity index (χ0n) is 12.8. The van der Waals surface area contributed by atoms with E-state index in [1.807, 2.05) is 0 Å². The molecule has 0 spiro atoms. The maximum Gasteiger partial charge on any atom is -0.00445 e. The first kappa shape index (κ1) is 15.3. The van der Waals surface area contributed by atoms with Gasteiger partial charge in [-0.25, -0.2) is 0 Å². The van der Waals surface area contributed by atoms with Crippen molar-refractivity contribution in [2.75, 3.05) is 0 Å². The van der Waals surface area contributed by atoms with Gasteiger partial charge in [0.05, 0.1) is 0 Å². The molecule has 0 atom stereocenters. The maximum absolute atomic E-state index is 2.37. The minimum Gasteiger partial charge on any atom is -0.0654 e. The molecule has 0 saturated carbocycles. The molecule has 102 valence electrons. The van der Waals surface area contributed by atoms with E-state index >= 15 is 0 Å². The Morgan fingerprint density at radius 2 is 1.44 bits per heavy atom. The molecule has 0 aliphatic carbocycles. The summed E-state index contributed by atoms with van der Waals surface area (Å²) in [4.78, 5) is 0. The van der Waals surface area contributed by atoms with Gasteiger partial charge in [-0.2, -0.15) is 0 Å². The number of aryl methyl sites for hydroxylation is 1. The van der Waals surface area contributed by atoms with E-state index in [1.165, 1.54) is 50.5 Å². The highest BCUT2D eigenvalue weighted by Gasteiger charge is 2.30. The minimum atomic E-state index is 0.435. The first-order valence-corrected chi connectivity index (χ1v) is 7.76. The molecule has 1 aromatic carbocycles. The molecule has 0 radical (unpaired) electrons. The summed E-state index contributed by atoms with van der Waals surface area (Å²) in [5.74, 6) is 0. The summed E-state index contributed by atoms with van der Waals surface area (Å²) in [6.07, 6.45) is 9.28. The van der Waals surface area contributed by atoms with Crippen LogP contribution in [-0.4, -0.2) is 0 Å². The predicted molar refractivity (Wildman–Crippen MR) is 82.2 cm³/mol. The van der Waals surface area contributed by atoms with Gasteiger partial charge in [-0.1, -0.05) is 70.7 Å². The van der Waals surface area contributed by atoms with Crippen LogP contribution in [0.4, 0.5) is 0 Å². The largest absolute Gasteiger partial charge is 0.0654 e. The van der Waals surface area contributed by atoms with Gasteiger partial charge in [0.2, 0.25) is 0 Å². The molecule has 0 fully saturated rings.